The second kappa shape index (κ2) is 10.6. The topological polar surface area (TPSA) is 89.4 Å². The van der Waals surface area contributed by atoms with E-state index in [-0.39, 0.29) is 34.5 Å². The molecule has 1 unspecified atom stereocenters. The predicted octanol–water partition coefficient (Wildman–Crippen LogP) is 5.54. The minimum Gasteiger partial charge on any atom is -0.480 e. The maximum atomic E-state index is 13.6. The summed E-state index contributed by atoms with van der Waals surface area (Å²) in [5.41, 5.74) is -0.494. The Morgan fingerprint density at radius 3 is 2.62 bits per heavy atom. The van der Waals surface area contributed by atoms with E-state index in [0.29, 0.717) is 24.3 Å². The van der Waals surface area contributed by atoms with Gasteiger partial charge >= 0.3 is 6.18 Å². The monoisotopic (exact) mass is 555 g/mol. The molecule has 1 N–H and O–H groups in total. The van der Waals surface area contributed by atoms with Crippen LogP contribution in [-0.4, -0.2) is 40.2 Å². The molecule has 37 heavy (non-hydrogen) atoms. The number of amides is 2. The first-order valence-electron chi connectivity index (χ1n) is 11.3. The highest BCUT2D eigenvalue weighted by molar-refractivity contribution is 6.32. The van der Waals surface area contributed by atoms with Gasteiger partial charge in [-0.25, -0.2) is 4.98 Å². The molecule has 1 aliphatic rings. The molecule has 0 bridgehead atoms. The fourth-order valence-electron chi connectivity index (χ4n) is 4.24. The highest BCUT2D eigenvalue weighted by atomic mass is 35.5. The van der Waals surface area contributed by atoms with Crippen LogP contribution < -0.4 is 15.0 Å². The quantitative estimate of drug-likeness (QED) is 0.431. The van der Waals surface area contributed by atoms with Crippen LogP contribution >= 0.6 is 23.2 Å². The van der Waals surface area contributed by atoms with Gasteiger partial charge in [0.05, 0.1) is 47.4 Å². The molecule has 1 aromatic carbocycles. The summed E-state index contributed by atoms with van der Waals surface area (Å²) in [4.78, 5) is 31.9. The summed E-state index contributed by atoms with van der Waals surface area (Å²) in [6.07, 6.45) is -0.974. The van der Waals surface area contributed by atoms with Crippen LogP contribution in [0.3, 0.4) is 0 Å². The summed E-state index contributed by atoms with van der Waals surface area (Å²) in [6.45, 7) is 2.58. The summed E-state index contributed by atoms with van der Waals surface area (Å²) in [5.74, 6) is -1.12. The molecule has 3 heterocycles. The molecule has 2 amide bonds. The molecule has 0 saturated carbocycles. The first kappa shape index (κ1) is 26.7. The number of hydrogen-bond donors (Lipinski definition) is 1. The average molecular weight is 556 g/mol. The molecule has 0 fully saturated rings. The van der Waals surface area contributed by atoms with Crippen LogP contribution in [-0.2, 0) is 12.7 Å². The van der Waals surface area contributed by atoms with Gasteiger partial charge in [-0.05, 0) is 37.1 Å². The minimum atomic E-state index is -4.77. The van der Waals surface area contributed by atoms with Crippen molar-refractivity contribution in [2.75, 3.05) is 18.6 Å². The first-order chi connectivity index (χ1) is 17.5. The van der Waals surface area contributed by atoms with Crippen LogP contribution in [0.2, 0.25) is 10.0 Å². The number of halogens is 5. The lowest BCUT2D eigenvalue weighted by Crippen LogP contribution is -2.42. The van der Waals surface area contributed by atoms with Crippen molar-refractivity contribution >= 4 is 40.7 Å². The highest BCUT2D eigenvalue weighted by Gasteiger charge is 2.38. The number of aryl methyl sites for hydroxylation is 1. The Balaban J connectivity index is 1.67. The average Bonchev–Trinajstić information content (AvgIpc) is 3.27. The Hall–Kier alpha value is -3.31. The third-order valence-corrected chi connectivity index (χ3v) is 6.39. The van der Waals surface area contributed by atoms with Gasteiger partial charge in [-0.15, -0.1) is 0 Å². The number of fused-ring (bicyclic) bond motifs is 1. The van der Waals surface area contributed by atoms with Gasteiger partial charge in [0, 0.05) is 24.3 Å². The maximum absolute atomic E-state index is 13.6. The van der Waals surface area contributed by atoms with Crippen molar-refractivity contribution in [1.82, 2.24) is 20.1 Å². The zero-order valence-corrected chi connectivity index (χ0v) is 21.3. The van der Waals surface area contributed by atoms with E-state index in [9.17, 15) is 22.8 Å². The van der Waals surface area contributed by atoms with Crippen LogP contribution in [0.4, 0.5) is 18.9 Å². The SMILES string of the molecule is CCCn1ncc2c1C(NC(=O)c1ccc(Cl)cc1C(F)(F)F)CCN2C(=O)c1cnc(OC)c(Cl)c1. The molecule has 0 spiro atoms. The van der Waals surface area contributed by atoms with Gasteiger partial charge in [-0.1, -0.05) is 30.1 Å². The molecule has 13 heteroatoms. The number of benzene rings is 1. The summed E-state index contributed by atoms with van der Waals surface area (Å²) >= 11 is 11.9. The Bertz CT molecular complexity index is 1350. The zero-order chi connectivity index (χ0) is 26.9. The second-order valence-electron chi connectivity index (χ2n) is 8.31. The van der Waals surface area contributed by atoms with Crippen molar-refractivity contribution in [3.8, 4) is 5.88 Å². The van der Waals surface area contributed by atoms with E-state index in [1.54, 1.807) is 4.68 Å². The summed E-state index contributed by atoms with van der Waals surface area (Å²) in [7, 11) is 1.41. The van der Waals surface area contributed by atoms with Gasteiger partial charge in [0.1, 0.15) is 5.02 Å². The number of rotatable bonds is 6. The molecule has 196 valence electrons. The Kier molecular flexibility index (Phi) is 7.65. The van der Waals surface area contributed by atoms with Gasteiger partial charge in [0.25, 0.3) is 11.8 Å². The summed E-state index contributed by atoms with van der Waals surface area (Å²) in [5, 5.41) is 7.11. The van der Waals surface area contributed by atoms with Gasteiger partial charge in [-0.2, -0.15) is 18.3 Å². The van der Waals surface area contributed by atoms with E-state index in [0.717, 1.165) is 12.1 Å². The summed E-state index contributed by atoms with van der Waals surface area (Å²) < 4.78 is 47.4. The lowest BCUT2D eigenvalue weighted by atomic mass is 10.0. The van der Waals surface area contributed by atoms with Crippen molar-refractivity contribution in [2.45, 2.75) is 38.5 Å². The molecule has 1 atom stereocenters. The first-order valence-corrected chi connectivity index (χ1v) is 12.1. The number of nitrogens with zero attached hydrogens (tertiary/aromatic N) is 4. The molecule has 4 rings (SSSR count). The lowest BCUT2D eigenvalue weighted by Gasteiger charge is -2.33. The third kappa shape index (κ3) is 5.37. The molecule has 0 saturated heterocycles. The van der Waals surface area contributed by atoms with Crippen molar-refractivity contribution < 1.29 is 27.5 Å². The van der Waals surface area contributed by atoms with E-state index in [4.69, 9.17) is 27.9 Å². The highest BCUT2D eigenvalue weighted by Crippen LogP contribution is 2.37. The number of nitrogens with one attached hydrogen (secondary N) is 1. The molecule has 3 aromatic rings. The molecule has 8 nitrogen and oxygen atoms in total. The van der Waals surface area contributed by atoms with E-state index in [1.165, 1.54) is 36.5 Å². The number of hydrogen-bond acceptors (Lipinski definition) is 5. The maximum Gasteiger partial charge on any atom is 0.417 e. The number of methoxy groups -OCH3 is 1. The van der Waals surface area contributed by atoms with E-state index >= 15 is 0 Å². The van der Waals surface area contributed by atoms with Crippen LogP contribution in [0, 0.1) is 0 Å². The summed E-state index contributed by atoms with van der Waals surface area (Å²) in [6, 6.07) is 3.75. The van der Waals surface area contributed by atoms with Crippen molar-refractivity contribution in [3.05, 3.63) is 69.1 Å². The molecule has 0 radical (unpaired) electrons. The van der Waals surface area contributed by atoms with Crippen LogP contribution in [0.1, 0.15) is 57.8 Å². The molecular weight excluding hydrogens is 534 g/mol. The van der Waals surface area contributed by atoms with E-state index in [2.05, 4.69) is 15.4 Å². The molecule has 1 aliphatic heterocycles. The Morgan fingerprint density at radius 1 is 1.22 bits per heavy atom. The predicted molar refractivity (Wildman–Crippen MR) is 131 cm³/mol. The number of carbonyl (C=O) groups excluding carboxylic acids is 2. The van der Waals surface area contributed by atoms with Gasteiger partial charge in [0.15, 0.2) is 0 Å². The number of alkyl halides is 3. The molecule has 0 aliphatic carbocycles. The number of anilines is 1. The third-order valence-electron chi connectivity index (χ3n) is 5.89. The Morgan fingerprint density at radius 2 is 1.97 bits per heavy atom. The molecular formula is C24H22Cl2F3N5O3. The normalized spacial score (nSPS) is 15.3. The van der Waals surface area contributed by atoms with E-state index in [1.807, 2.05) is 6.92 Å². The smallest absolute Gasteiger partial charge is 0.417 e. The van der Waals surface area contributed by atoms with Crippen molar-refractivity contribution in [2.24, 2.45) is 0 Å². The van der Waals surface area contributed by atoms with Gasteiger partial charge < -0.3 is 15.0 Å². The van der Waals surface area contributed by atoms with Gasteiger partial charge in [-0.3, -0.25) is 14.3 Å². The number of carbonyl (C=O) groups is 2. The van der Waals surface area contributed by atoms with Crippen molar-refractivity contribution in [3.63, 3.8) is 0 Å². The van der Waals surface area contributed by atoms with Crippen LogP contribution in [0.5, 0.6) is 5.88 Å². The Labute approximate surface area is 220 Å². The lowest BCUT2D eigenvalue weighted by molar-refractivity contribution is -0.137. The van der Waals surface area contributed by atoms with Crippen LogP contribution in [0.15, 0.2) is 36.7 Å². The number of ether oxygens (including phenoxy) is 1. The molecule has 2 aromatic heterocycles. The number of aromatic nitrogens is 3. The number of pyridine rings is 1. The largest absolute Gasteiger partial charge is 0.480 e. The zero-order valence-electron chi connectivity index (χ0n) is 19.8. The van der Waals surface area contributed by atoms with Crippen LogP contribution in [0.25, 0.3) is 0 Å². The second-order valence-corrected chi connectivity index (χ2v) is 9.16. The fourth-order valence-corrected chi connectivity index (χ4v) is 4.66. The fraction of sp³-hybridized carbons (Fsp3) is 0.333. The standard InChI is InChI=1S/C24H22Cl2F3N5O3/c1-3-7-34-20-18(32-21(35)15-5-4-14(25)10-16(15)24(27,28)29)6-8-33(19(20)12-31-34)23(36)13-9-17(26)22(37-2)30-11-13/h4-5,9-12,18H,3,6-8H2,1-2H3,(H,32,35). The minimum absolute atomic E-state index is 0.132. The van der Waals surface area contributed by atoms with Crippen molar-refractivity contribution in [1.29, 1.82) is 0 Å². The van der Waals surface area contributed by atoms with E-state index < -0.39 is 35.2 Å². The van der Waals surface area contributed by atoms with Gasteiger partial charge in [0.2, 0.25) is 5.88 Å².